The second kappa shape index (κ2) is 6.04. The zero-order valence-electron chi connectivity index (χ0n) is 10.9. The number of ether oxygens (including phenoxy) is 2. The van der Waals surface area contributed by atoms with Gasteiger partial charge in [-0.25, -0.2) is 0 Å². The van der Waals surface area contributed by atoms with E-state index in [0.717, 1.165) is 29.5 Å². The Bertz CT molecular complexity index is 411. The van der Waals surface area contributed by atoms with Crippen molar-refractivity contribution in [1.82, 2.24) is 0 Å². The van der Waals surface area contributed by atoms with Gasteiger partial charge in [-0.2, -0.15) is 0 Å². The van der Waals surface area contributed by atoms with Crippen LogP contribution >= 0.6 is 15.9 Å². The molecule has 0 aromatic heterocycles. The van der Waals surface area contributed by atoms with Gasteiger partial charge in [0.15, 0.2) is 0 Å². The van der Waals surface area contributed by atoms with Gasteiger partial charge in [-0.1, -0.05) is 6.07 Å². The van der Waals surface area contributed by atoms with Crippen LogP contribution in [0.15, 0.2) is 22.7 Å². The van der Waals surface area contributed by atoms with Crippen LogP contribution in [0, 0.1) is 0 Å². The van der Waals surface area contributed by atoms with Crippen LogP contribution in [0.1, 0.15) is 25.3 Å². The van der Waals surface area contributed by atoms with Crippen molar-refractivity contribution in [2.24, 2.45) is 5.73 Å². The van der Waals surface area contributed by atoms with E-state index in [-0.39, 0.29) is 12.1 Å². The minimum absolute atomic E-state index is 0.0650. The van der Waals surface area contributed by atoms with E-state index in [9.17, 15) is 0 Å². The van der Waals surface area contributed by atoms with Gasteiger partial charge in [0, 0.05) is 6.04 Å². The Labute approximate surface area is 117 Å². The van der Waals surface area contributed by atoms with Crippen LogP contribution in [0.5, 0.6) is 5.75 Å². The van der Waals surface area contributed by atoms with Crippen LogP contribution in [0.4, 0.5) is 0 Å². The number of hydrogen-bond acceptors (Lipinski definition) is 3. The first-order chi connectivity index (χ1) is 8.60. The van der Waals surface area contributed by atoms with Crippen LogP contribution in [0.2, 0.25) is 0 Å². The van der Waals surface area contributed by atoms with Gasteiger partial charge < -0.3 is 15.2 Å². The van der Waals surface area contributed by atoms with E-state index in [0.29, 0.717) is 6.10 Å². The van der Waals surface area contributed by atoms with Gasteiger partial charge in [-0.15, -0.1) is 0 Å². The SMILES string of the molecule is COc1ccc(CC(N)C2CCC(C)O2)cc1Br. The molecule has 1 aliphatic heterocycles. The largest absolute Gasteiger partial charge is 0.496 e. The molecule has 0 saturated carbocycles. The number of methoxy groups -OCH3 is 1. The molecule has 0 bridgehead atoms. The predicted octanol–water partition coefficient (Wildman–Crippen LogP) is 2.90. The van der Waals surface area contributed by atoms with E-state index in [1.54, 1.807) is 7.11 Å². The maximum atomic E-state index is 6.22. The van der Waals surface area contributed by atoms with Gasteiger partial charge in [0.1, 0.15) is 5.75 Å². The molecule has 2 rings (SSSR count). The maximum Gasteiger partial charge on any atom is 0.133 e. The number of rotatable bonds is 4. The Kier molecular flexibility index (Phi) is 4.65. The first-order valence-corrected chi connectivity index (χ1v) is 7.13. The highest BCUT2D eigenvalue weighted by Gasteiger charge is 2.27. The summed E-state index contributed by atoms with van der Waals surface area (Å²) >= 11 is 3.49. The summed E-state index contributed by atoms with van der Waals surface area (Å²) in [5.74, 6) is 0.845. The highest BCUT2D eigenvalue weighted by atomic mass is 79.9. The molecule has 18 heavy (non-hydrogen) atoms. The molecular formula is C14H20BrNO2. The van der Waals surface area contributed by atoms with E-state index in [1.807, 2.05) is 6.07 Å². The normalized spacial score (nSPS) is 25.1. The fourth-order valence-corrected chi connectivity index (χ4v) is 2.98. The number of nitrogens with two attached hydrogens (primary N) is 1. The standard InChI is InChI=1S/C14H20BrNO2/c1-9-3-5-14(18-9)12(16)8-10-4-6-13(17-2)11(15)7-10/h4,6-7,9,12,14H,3,5,8,16H2,1-2H3. The second-order valence-corrected chi connectivity index (χ2v) is 5.75. The summed E-state index contributed by atoms with van der Waals surface area (Å²) in [6.07, 6.45) is 3.56. The highest BCUT2D eigenvalue weighted by molar-refractivity contribution is 9.10. The molecule has 1 heterocycles. The third-order valence-corrected chi connectivity index (χ3v) is 4.05. The first kappa shape index (κ1) is 13.8. The fourth-order valence-electron chi connectivity index (χ4n) is 2.39. The predicted molar refractivity (Wildman–Crippen MR) is 75.9 cm³/mol. The molecule has 4 heteroatoms. The van der Waals surface area contributed by atoms with Gasteiger partial charge in [0.25, 0.3) is 0 Å². The van der Waals surface area contributed by atoms with E-state index < -0.39 is 0 Å². The summed E-state index contributed by atoms with van der Waals surface area (Å²) in [6, 6.07) is 6.15. The van der Waals surface area contributed by atoms with E-state index >= 15 is 0 Å². The molecule has 3 atom stereocenters. The number of halogens is 1. The number of hydrogen-bond donors (Lipinski definition) is 1. The summed E-state index contributed by atoms with van der Waals surface area (Å²) in [7, 11) is 1.67. The van der Waals surface area contributed by atoms with Crippen LogP contribution in [0.3, 0.4) is 0 Å². The smallest absolute Gasteiger partial charge is 0.133 e. The molecule has 2 N–H and O–H groups in total. The van der Waals surface area contributed by atoms with E-state index in [1.165, 1.54) is 5.56 Å². The van der Waals surface area contributed by atoms with Crippen molar-refractivity contribution in [2.45, 2.75) is 44.4 Å². The van der Waals surface area contributed by atoms with Gasteiger partial charge >= 0.3 is 0 Å². The van der Waals surface area contributed by atoms with Crippen molar-refractivity contribution >= 4 is 15.9 Å². The molecule has 0 aliphatic carbocycles. The maximum absolute atomic E-state index is 6.22. The molecule has 0 radical (unpaired) electrons. The summed E-state index contributed by atoms with van der Waals surface area (Å²) in [5.41, 5.74) is 7.43. The minimum atomic E-state index is 0.0650. The zero-order chi connectivity index (χ0) is 13.1. The molecular weight excluding hydrogens is 294 g/mol. The van der Waals surface area contributed by atoms with Crippen molar-refractivity contribution in [3.8, 4) is 5.75 Å². The molecule has 0 amide bonds. The lowest BCUT2D eigenvalue weighted by atomic mass is 10.00. The zero-order valence-corrected chi connectivity index (χ0v) is 12.4. The Morgan fingerprint density at radius 3 is 2.83 bits per heavy atom. The average molecular weight is 314 g/mol. The van der Waals surface area contributed by atoms with Crippen LogP contribution < -0.4 is 10.5 Å². The lowest BCUT2D eigenvalue weighted by Gasteiger charge is -2.19. The van der Waals surface area contributed by atoms with Crippen molar-refractivity contribution < 1.29 is 9.47 Å². The molecule has 3 unspecified atom stereocenters. The summed E-state index contributed by atoms with van der Waals surface area (Å²) in [6.45, 7) is 2.11. The van der Waals surface area contributed by atoms with Crippen molar-refractivity contribution in [1.29, 1.82) is 0 Å². The lowest BCUT2D eigenvalue weighted by Crippen LogP contribution is -2.36. The Morgan fingerprint density at radius 2 is 2.28 bits per heavy atom. The first-order valence-electron chi connectivity index (χ1n) is 6.33. The highest BCUT2D eigenvalue weighted by Crippen LogP contribution is 2.27. The molecule has 1 aromatic carbocycles. The molecule has 1 aliphatic rings. The molecule has 1 saturated heterocycles. The van der Waals surface area contributed by atoms with Gasteiger partial charge in [0.2, 0.25) is 0 Å². The Balaban J connectivity index is 1.98. The molecule has 1 fully saturated rings. The molecule has 100 valence electrons. The van der Waals surface area contributed by atoms with Crippen LogP contribution in [-0.4, -0.2) is 25.4 Å². The van der Waals surface area contributed by atoms with E-state index in [2.05, 4.69) is 35.0 Å². The van der Waals surface area contributed by atoms with Crippen molar-refractivity contribution in [2.75, 3.05) is 7.11 Å². The summed E-state index contributed by atoms with van der Waals surface area (Å²) in [5, 5.41) is 0. The van der Waals surface area contributed by atoms with Gasteiger partial charge in [-0.05, 0) is 59.8 Å². The van der Waals surface area contributed by atoms with Gasteiger partial charge in [0.05, 0.1) is 23.8 Å². The van der Waals surface area contributed by atoms with Crippen LogP contribution in [-0.2, 0) is 11.2 Å². The second-order valence-electron chi connectivity index (χ2n) is 4.90. The van der Waals surface area contributed by atoms with Gasteiger partial charge in [-0.3, -0.25) is 0 Å². The molecule has 3 nitrogen and oxygen atoms in total. The lowest BCUT2D eigenvalue weighted by molar-refractivity contribution is 0.0404. The number of benzene rings is 1. The topological polar surface area (TPSA) is 44.5 Å². The Morgan fingerprint density at radius 1 is 1.50 bits per heavy atom. The average Bonchev–Trinajstić information content (AvgIpc) is 2.76. The molecule has 0 spiro atoms. The summed E-state index contributed by atoms with van der Waals surface area (Å²) in [4.78, 5) is 0. The monoisotopic (exact) mass is 313 g/mol. The van der Waals surface area contributed by atoms with E-state index in [4.69, 9.17) is 15.2 Å². The quantitative estimate of drug-likeness (QED) is 0.929. The third-order valence-electron chi connectivity index (χ3n) is 3.43. The van der Waals surface area contributed by atoms with Crippen molar-refractivity contribution in [3.05, 3.63) is 28.2 Å². The third kappa shape index (κ3) is 3.25. The fraction of sp³-hybridized carbons (Fsp3) is 0.571. The Hall–Kier alpha value is -0.580. The minimum Gasteiger partial charge on any atom is -0.496 e. The van der Waals surface area contributed by atoms with Crippen molar-refractivity contribution in [3.63, 3.8) is 0 Å². The van der Waals surface area contributed by atoms with Crippen LogP contribution in [0.25, 0.3) is 0 Å². The summed E-state index contributed by atoms with van der Waals surface area (Å²) < 4.78 is 12.0. The molecule has 1 aromatic rings.